The predicted octanol–water partition coefficient (Wildman–Crippen LogP) is 3.56. The number of methoxy groups -OCH3 is 1. The van der Waals surface area contributed by atoms with Gasteiger partial charge in [0.25, 0.3) is 5.91 Å². The summed E-state index contributed by atoms with van der Waals surface area (Å²) in [6.07, 6.45) is 5.75. The van der Waals surface area contributed by atoms with Gasteiger partial charge in [-0.1, -0.05) is 30.3 Å². The molecule has 0 aliphatic carbocycles. The Hall–Kier alpha value is -3.32. The molecule has 1 fully saturated rings. The molecule has 0 radical (unpaired) electrons. The second kappa shape index (κ2) is 8.31. The lowest BCUT2D eigenvalue weighted by Crippen LogP contribution is -2.49. The molecule has 1 aromatic carbocycles. The molecule has 0 atom stereocenters. The van der Waals surface area contributed by atoms with Crippen molar-refractivity contribution in [1.29, 1.82) is 0 Å². The number of aromatic nitrogens is 3. The number of rotatable bonds is 3. The Morgan fingerprint density at radius 1 is 1.12 bits per heavy atom. The maximum atomic E-state index is 13.2. The number of likely N-dealkylation sites (tertiary alicyclic amines) is 1. The molecule has 164 valence electrons. The van der Waals surface area contributed by atoms with Gasteiger partial charge in [0, 0.05) is 30.5 Å². The number of nitrogens with zero attached hydrogens (tertiary/aromatic N) is 4. The number of ether oxygens (including phenoxy) is 2. The van der Waals surface area contributed by atoms with E-state index < -0.39 is 5.60 Å². The number of aryl methyl sites for hydroxylation is 1. The molecule has 1 spiro atoms. The number of piperidine rings is 1. The lowest BCUT2D eigenvalue weighted by atomic mass is 9.83. The van der Waals surface area contributed by atoms with Gasteiger partial charge >= 0.3 is 0 Å². The van der Waals surface area contributed by atoms with Gasteiger partial charge in [0.2, 0.25) is 0 Å². The topological polar surface area (TPSA) is 77.4 Å². The van der Waals surface area contributed by atoms with E-state index in [2.05, 4.69) is 9.97 Å². The fraction of sp³-hybridized carbons (Fsp3) is 0.360. The molecule has 2 aliphatic heterocycles. The van der Waals surface area contributed by atoms with Crippen molar-refractivity contribution in [2.45, 2.75) is 31.8 Å². The van der Waals surface area contributed by atoms with Crippen LogP contribution in [0.15, 0.2) is 48.8 Å². The van der Waals surface area contributed by atoms with Gasteiger partial charge < -0.3 is 14.4 Å². The minimum absolute atomic E-state index is 0.0362. The smallest absolute Gasteiger partial charge is 0.257 e. The van der Waals surface area contributed by atoms with Crippen LogP contribution in [0.5, 0.6) is 5.75 Å². The van der Waals surface area contributed by atoms with Crippen molar-refractivity contribution in [3.63, 3.8) is 0 Å². The van der Waals surface area contributed by atoms with E-state index in [1.807, 2.05) is 48.4 Å². The summed E-state index contributed by atoms with van der Waals surface area (Å²) in [5.41, 5.74) is 3.97. The second-order valence-electron chi connectivity index (χ2n) is 8.34. The van der Waals surface area contributed by atoms with Crippen molar-refractivity contribution >= 4 is 5.91 Å². The van der Waals surface area contributed by atoms with Crippen molar-refractivity contribution in [3.8, 4) is 17.1 Å². The molecule has 0 N–H and O–H groups in total. The number of benzene rings is 1. The van der Waals surface area contributed by atoms with E-state index in [0.717, 1.165) is 28.9 Å². The molecular weight excluding hydrogens is 404 g/mol. The molecule has 1 amide bonds. The third-order valence-corrected chi connectivity index (χ3v) is 6.39. The Bertz CT molecular complexity index is 1140. The van der Waals surface area contributed by atoms with Crippen molar-refractivity contribution in [2.24, 2.45) is 0 Å². The van der Waals surface area contributed by atoms with E-state index >= 15 is 0 Å². The quantitative estimate of drug-likeness (QED) is 0.632. The first kappa shape index (κ1) is 20.6. The van der Waals surface area contributed by atoms with Crippen LogP contribution in [0.3, 0.4) is 0 Å². The van der Waals surface area contributed by atoms with Crippen LogP contribution >= 0.6 is 0 Å². The Balaban J connectivity index is 1.40. The first-order chi connectivity index (χ1) is 15.6. The van der Waals surface area contributed by atoms with Crippen LogP contribution in [0, 0.1) is 6.92 Å². The first-order valence-electron chi connectivity index (χ1n) is 11.0. The van der Waals surface area contributed by atoms with Crippen LogP contribution in [-0.2, 0) is 16.8 Å². The number of amides is 1. The molecule has 1 saturated heterocycles. The number of carbonyl (C=O) groups is 1. The molecule has 3 aromatic rings. The largest absolute Gasteiger partial charge is 0.494 e. The van der Waals surface area contributed by atoms with Crippen LogP contribution < -0.4 is 4.74 Å². The normalized spacial score (nSPS) is 17.1. The van der Waals surface area contributed by atoms with Crippen LogP contribution in [0.4, 0.5) is 0 Å². The Morgan fingerprint density at radius 3 is 2.66 bits per heavy atom. The van der Waals surface area contributed by atoms with E-state index in [1.165, 1.54) is 0 Å². The number of hydrogen-bond donors (Lipinski definition) is 0. The van der Waals surface area contributed by atoms with Gasteiger partial charge in [-0.2, -0.15) is 0 Å². The fourth-order valence-corrected chi connectivity index (χ4v) is 4.63. The number of pyridine rings is 1. The third-order valence-electron chi connectivity index (χ3n) is 6.39. The van der Waals surface area contributed by atoms with Gasteiger partial charge in [-0.05, 0) is 37.8 Å². The molecule has 2 aromatic heterocycles. The summed E-state index contributed by atoms with van der Waals surface area (Å²) in [5.74, 6) is 1.18. The molecule has 7 nitrogen and oxygen atoms in total. The molecule has 7 heteroatoms. The molecule has 5 rings (SSSR count). The predicted molar refractivity (Wildman–Crippen MR) is 119 cm³/mol. The van der Waals surface area contributed by atoms with Crippen molar-refractivity contribution in [1.82, 2.24) is 19.9 Å². The van der Waals surface area contributed by atoms with E-state index in [0.29, 0.717) is 49.7 Å². The fourth-order valence-electron chi connectivity index (χ4n) is 4.63. The van der Waals surface area contributed by atoms with E-state index in [1.54, 1.807) is 19.4 Å². The van der Waals surface area contributed by atoms with Crippen molar-refractivity contribution in [2.75, 3.05) is 26.8 Å². The zero-order valence-corrected chi connectivity index (χ0v) is 18.4. The lowest BCUT2D eigenvalue weighted by Gasteiger charge is -2.44. The molecule has 32 heavy (non-hydrogen) atoms. The minimum Gasteiger partial charge on any atom is -0.494 e. The summed E-state index contributed by atoms with van der Waals surface area (Å²) in [5, 5.41) is 0. The zero-order chi connectivity index (χ0) is 22.1. The Morgan fingerprint density at radius 2 is 1.91 bits per heavy atom. The summed E-state index contributed by atoms with van der Waals surface area (Å²) in [6.45, 7) is 3.70. The third kappa shape index (κ3) is 3.62. The molecule has 2 aliphatic rings. The standard InChI is InChI=1S/C25H26N4O3/c1-17-14-20(21(31-2)16-26-17)24(30)29-11-9-25(10-12-29)22-19(8-13-32-25)15-27-23(28-22)18-6-4-3-5-7-18/h3-7,14-16H,8-13H2,1-2H3. The van der Waals surface area contributed by atoms with Crippen molar-refractivity contribution < 1.29 is 14.3 Å². The van der Waals surface area contributed by atoms with Gasteiger partial charge in [0.05, 0.1) is 31.2 Å². The minimum atomic E-state index is -0.477. The van der Waals surface area contributed by atoms with Gasteiger partial charge in [-0.25, -0.2) is 9.97 Å². The van der Waals surface area contributed by atoms with E-state index in [-0.39, 0.29) is 5.91 Å². The molecule has 0 bridgehead atoms. The number of hydrogen-bond acceptors (Lipinski definition) is 6. The first-order valence-corrected chi connectivity index (χ1v) is 11.0. The summed E-state index contributed by atoms with van der Waals surface area (Å²) in [6, 6.07) is 11.8. The maximum Gasteiger partial charge on any atom is 0.257 e. The van der Waals surface area contributed by atoms with Gasteiger partial charge in [0.15, 0.2) is 5.82 Å². The highest BCUT2D eigenvalue weighted by Crippen LogP contribution is 2.41. The summed E-state index contributed by atoms with van der Waals surface area (Å²) < 4.78 is 11.7. The zero-order valence-electron chi connectivity index (χ0n) is 18.4. The SMILES string of the molecule is COc1cnc(C)cc1C(=O)N1CCC2(CC1)OCCc1cnc(-c3ccccc3)nc12. The monoisotopic (exact) mass is 430 g/mol. The molecule has 0 saturated carbocycles. The van der Waals surface area contributed by atoms with E-state index in [9.17, 15) is 4.79 Å². The van der Waals surface area contributed by atoms with Gasteiger partial charge in [-0.3, -0.25) is 9.78 Å². The Labute approximate surface area is 187 Å². The van der Waals surface area contributed by atoms with Crippen LogP contribution in [0.25, 0.3) is 11.4 Å². The van der Waals surface area contributed by atoms with Gasteiger partial charge in [0.1, 0.15) is 11.4 Å². The lowest BCUT2D eigenvalue weighted by molar-refractivity contribution is -0.0967. The number of fused-ring (bicyclic) bond motifs is 2. The molecular formula is C25H26N4O3. The molecule has 0 unspecified atom stereocenters. The summed E-state index contributed by atoms with van der Waals surface area (Å²) >= 11 is 0. The highest BCUT2D eigenvalue weighted by Gasteiger charge is 2.43. The van der Waals surface area contributed by atoms with Crippen molar-refractivity contribution in [3.05, 3.63) is 71.3 Å². The number of carbonyl (C=O) groups excluding carboxylic acids is 1. The molecule has 4 heterocycles. The Kier molecular flexibility index (Phi) is 5.35. The average Bonchev–Trinajstić information content (AvgIpc) is 2.85. The maximum absolute atomic E-state index is 13.2. The average molecular weight is 431 g/mol. The van der Waals surface area contributed by atoms with Crippen LogP contribution in [0.2, 0.25) is 0 Å². The summed E-state index contributed by atoms with van der Waals surface area (Å²) in [4.78, 5) is 28.9. The highest BCUT2D eigenvalue weighted by atomic mass is 16.5. The van der Waals surface area contributed by atoms with Crippen LogP contribution in [0.1, 0.15) is 40.2 Å². The van der Waals surface area contributed by atoms with E-state index in [4.69, 9.17) is 14.5 Å². The summed E-state index contributed by atoms with van der Waals surface area (Å²) in [7, 11) is 1.56. The van der Waals surface area contributed by atoms with Gasteiger partial charge in [-0.15, -0.1) is 0 Å². The van der Waals surface area contributed by atoms with Crippen LogP contribution in [-0.4, -0.2) is 52.6 Å². The highest BCUT2D eigenvalue weighted by molar-refractivity contribution is 5.97. The second-order valence-corrected chi connectivity index (χ2v) is 8.34.